The predicted octanol–water partition coefficient (Wildman–Crippen LogP) is -0.665. The average Bonchev–Trinajstić information content (AvgIpc) is 2.19. The summed E-state index contributed by atoms with van der Waals surface area (Å²) in [6.45, 7) is 6.69. The molecule has 0 aromatic rings. The predicted molar refractivity (Wildman–Crippen MR) is 59.2 cm³/mol. The third-order valence-corrected chi connectivity index (χ3v) is 4.98. The van der Waals surface area contributed by atoms with Crippen LogP contribution in [-0.2, 0) is 10.0 Å². The first-order valence-corrected chi connectivity index (χ1v) is 6.81. The van der Waals surface area contributed by atoms with Gasteiger partial charge in [0.2, 0.25) is 10.0 Å². The first-order valence-electron chi connectivity index (χ1n) is 5.30. The van der Waals surface area contributed by atoms with E-state index in [0.717, 1.165) is 0 Å². The highest BCUT2D eigenvalue weighted by atomic mass is 32.2. The van der Waals surface area contributed by atoms with Crippen molar-refractivity contribution in [1.29, 1.82) is 0 Å². The lowest BCUT2D eigenvalue weighted by molar-refractivity contribution is 0.151. The molecule has 0 unspecified atom stereocenters. The van der Waals surface area contributed by atoms with Crippen molar-refractivity contribution in [2.45, 2.75) is 19.1 Å². The summed E-state index contributed by atoms with van der Waals surface area (Å²) in [6, 6.07) is 0. The number of aliphatic hydroxyl groups excluding tert-OH is 1. The SMILES string of the molecule is CC(C)S(=O)(=O)N1CCN(CCO)CC1. The molecule has 1 N–H and O–H groups in total. The number of β-amino-alcohol motifs (C(OH)–C–C–N with tert-alkyl or cyclic N) is 1. The van der Waals surface area contributed by atoms with Crippen LogP contribution in [0.15, 0.2) is 0 Å². The summed E-state index contributed by atoms with van der Waals surface area (Å²) < 4.78 is 25.2. The molecular formula is C9H20N2O3S. The van der Waals surface area contributed by atoms with E-state index in [1.165, 1.54) is 0 Å². The fourth-order valence-electron chi connectivity index (χ4n) is 1.65. The zero-order valence-corrected chi connectivity index (χ0v) is 10.2. The average molecular weight is 236 g/mol. The van der Waals surface area contributed by atoms with E-state index in [-0.39, 0.29) is 11.9 Å². The molecule has 0 saturated carbocycles. The molecule has 6 heteroatoms. The second-order valence-corrected chi connectivity index (χ2v) is 6.55. The van der Waals surface area contributed by atoms with Crippen LogP contribution < -0.4 is 0 Å². The Kier molecular flexibility index (Phi) is 4.51. The van der Waals surface area contributed by atoms with Crippen LogP contribution in [0.5, 0.6) is 0 Å². The lowest BCUT2D eigenvalue weighted by atomic mass is 10.4. The van der Waals surface area contributed by atoms with Gasteiger partial charge in [-0.3, -0.25) is 4.90 Å². The maximum absolute atomic E-state index is 11.8. The molecule has 1 saturated heterocycles. The lowest BCUT2D eigenvalue weighted by Gasteiger charge is -2.34. The number of aliphatic hydroxyl groups is 1. The third-order valence-electron chi connectivity index (χ3n) is 2.70. The van der Waals surface area contributed by atoms with Gasteiger partial charge >= 0.3 is 0 Å². The molecule has 0 aromatic heterocycles. The van der Waals surface area contributed by atoms with Gasteiger partial charge in [-0.2, -0.15) is 4.31 Å². The number of piperazine rings is 1. The Morgan fingerprint density at radius 3 is 2.13 bits per heavy atom. The molecular weight excluding hydrogens is 216 g/mol. The van der Waals surface area contributed by atoms with Gasteiger partial charge in [-0.1, -0.05) is 0 Å². The van der Waals surface area contributed by atoms with Crippen LogP contribution in [0.2, 0.25) is 0 Å². The summed E-state index contributed by atoms with van der Waals surface area (Å²) in [5, 5.41) is 8.41. The van der Waals surface area contributed by atoms with Crippen LogP contribution in [0, 0.1) is 0 Å². The van der Waals surface area contributed by atoms with Gasteiger partial charge in [0.25, 0.3) is 0 Å². The van der Waals surface area contributed by atoms with Crippen molar-refractivity contribution in [2.75, 3.05) is 39.3 Å². The van der Waals surface area contributed by atoms with Crippen molar-refractivity contribution in [3.05, 3.63) is 0 Å². The maximum atomic E-state index is 11.8. The minimum Gasteiger partial charge on any atom is -0.395 e. The summed E-state index contributed by atoms with van der Waals surface area (Å²) in [7, 11) is -3.09. The highest BCUT2D eigenvalue weighted by Crippen LogP contribution is 2.11. The van der Waals surface area contributed by atoms with Gasteiger partial charge in [-0.25, -0.2) is 8.42 Å². The van der Waals surface area contributed by atoms with Gasteiger partial charge in [0.15, 0.2) is 0 Å². The molecule has 0 bridgehead atoms. The Balaban J connectivity index is 2.51. The van der Waals surface area contributed by atoms with E-state index in [0.29, 0.717) is 32.7 Å². The van der Waals surface area contributed by atoms with E-state index >= 15 is 0 Å². The van der Waals surface area contributed by atoms with Crippen LogP contribution in [0.25, 0.3) is 0 Å². The third kappa shape index (κ3) is 3.14. The quantitative estimate of drug-likeness (QED) is 0.703. The summed E-state index contributed by atoms with van der Waals surface area (Å²) in [5.74, 6) is 0. The van der Waals surface area contributed by atoms with Crippen molar-refractivity contribution >= 4 is 10.0 Å². The van der Waals surface area contributed by atoms with Crippen LogP contribution in [0.1, 0.15) is 13.8 Å². The van der Waals surface area contributed by atoms with E-state index in [2.05, 4.69) is 4.90 Å². The van der Waals surface area contributed by atoms with Crippen molar-refractivity contribution in [1.82, 2.24) is 9.21 Å². The Bertz CT molecular complexity index is 282. The van der Waals surface area contributed by atoms with Crippen LogP contribution in [0.3, 0.4) is 0 Å². The first-order chi connectivity index (χ1) is 6.98. The minimum absolute atomic E-state index is 0.136. The van der Waals surface area contributed by atoms with E-state index in [1.54, 1.807) is 18.2 Å². The first kappa shape index (κ1) is 12.9. The molecule has 0 atom stereocenters. The van der Waals surface area contributed by atoms with Crippen molar-refractivity contribution < 1.29 is 13.5 Å². The minimum atomic E-state index is -3.09. The summed E-state index contributed by atoms with van der Waals surface area (Å²) >= 11 is 0. The van der Waals surface area contributed by atoms with Gasteiger partial charge in [-0.15, -0.1) is 0 Å². The highest BCUT2D eigenvalue weighted by Gasteiger charge is 2.28. The Hall–Kier alpha value is -0.170. The lowest BCUT2D eigenvalue weighted by Crippen LogP contribution is -2.50. The van der Waals surface area contributed by atoms with Crippen molar-refractivity contribution in [3.8, 4) is 0 Å². The molecule has 1 aliphatic rings. The van der Waals surface area contributed by atoms with Crippen molar-refractivity contribution in [3.63, 3.8) is 0 Å². The Morgan fingerprint density at radius 2 is 1.73 bits per heavy atom. The standard InChI is InChI=1S/C9H20N2O3S/c1-9(2)15(13,14)11-5-3-10(4-6-11)7-8-12/h9,12H,3-8H2,1-2H3. The number of hydrogen-bond donors (Lipinski definition) is 1. The number of rotatable bonds is 4. The molecule has 5 nitrogen and oxygen atoms in total. The van der Waals surface area contributed by atoms with Gasteiger partial charge in [0.1, 0.15) is 0 Å². The van der Waals surface area contributed by atoms with E-state index in [4.69, 9.17) is 5.11 Å². The molecule has 0 radical (unpaired) electrons. The normalized spacial score (nSPS) is 21.1. The highest BCUT2D eigenvalue weighted by molar-refractivity contribution is 7.89. The Morgan fingerprint density at radius 1 is 1.20 bits per heavy atom. The molecule has 1 aliphatic heterocycles. The van der Waals surface area contributed by atoms with Gasteiger partial charge in [0, 0.05) is 32.7 Å². The Labute approximate surface area is 91.7 Å². The fraction of sp³-hybridized carbons (Fsp3) is 1.00. The summed E-state index contributed by atoms with van der Waals surface area (Å²) in [5.41, 5.74) is 0. The number of hydrogen-bond acceptors (Lipinski definition) is 4. The van der Waals surface area contributed by atoms with E-state index < -0.39 is 10.0 Å². The zero-order valence-electron chi connectivity index (χ0n) is 9.39. The molecule has 15 heavy (non-hydrogen) atoms. The molecule has 90 valence electrons. The van der Waals surface area contributed by atoms with Crippen LogP contribution in [-0.4, -0.2) is 67.3 Å². The molecule has 0 aromatic carbocycles. The van der Waals surface area contributed by atoms with E-state index in [1.807, 2.05) is 0 Å². The smallest absolute Gasteiger partial charge is 0.216 e. The second-order valence-electron chi connectivity index (χ2n) is 4.06. The van der Waals surface area contributed by atoms with E-state index in [9.17, 15) is 8.42 Å². The monoisotopic (exact) mass is 236 g/mol. The fourth-order valence-corrected chi connectivity index (χ4v) is 2.92. The molecule has 0 aliphatic carbocycles. The largest absolute Gasteiger partial charge is 0.395 e. The number of nitrogens with zero attached hydrogens (tertiary/aromatic N) is 2. The summed E-state index contributed by atoms with van der Waals surface area (Å²) in [4.78, 5) is 2.08. The van der Waals surface area contributed by atoms with Gasteiger partial charge in [0.05, 0.1) is 11.9 Å². The zero-order chi connectivity index (χ0) is 11.5. The van der Waals surface area contributed by atoms with Crippen molar-refractivity contribution in [2.24, 2.45) is 0 Å². The molecule has 0 spiro atoms. The molecule has 1 rings (SSSR count). The topological polar surface area (TPSA) is 60.9 Å². The van der Waals surface area contributed by atoms with Gasteiger partial charge in [-0.05, 0) is 13.8 Å². The molecule has 0 amide bonds. The van der Waals surface area contributed by atoms with Crippen LogP contribution >= 0.6 is 0 Å². The molecule has 1 fully saturated rings. The second kappa shape index (κ2) is 5.25. The number of sulfonamides is 1. The molecule has 1 heterocycles. The van der Waals surface area contributed by atoms with Crippen LogP contribution in [0.4, 0.5) is 0 Å². The maximum Gasteiger partial charge on any atom is 0.216 e. The van der Waals surface area contributed by atoms with Gasteiger partial charge < -0.3 is 5.11 Å². The summed E-state index contributed by atoms with van der Waals surface area (Å²) in [6.07, 6.45) is 0.